The molecule has 7 nitrogen and oxygen atoms in total. The van der Waals surface area contributed by atoms with Crippen LogP contribution in [0, 0.1) is 0 Å². The van der Waals surface area contributed by atoms with Gasteiger partial charge in [-0.2, -0.15) is 9.41 Å². The fraction of sp³-hybridized carbons (Fsp3) is 0.250. The van der Waals surface area contributed by atoms with Crippen molar-refractivity contribution in [1.82, 2.24) is 9.73 Å². The van der Waals surface area contributed by atoms with Crippen molar-refractivity contribution in [2.24, 2.45) is 5.10 Å². The predicted octanol–water partition coefficient (Wildman–Crippen LogP) is 3.79. The summed E-state index contributed by atoms with van der Waals surface area (Å²) >= 11 is 0. The van der Waals surface area contributed by atoms with E-state index in [9.17, 15) is 13.2 Å². The molecule has 32 heavy (non-hydrogen) atoms. The summed E-state index contributed by atoms with van der Waals surface area (Å²) < 4.78 is 32.2. The number of hydrazone groups is 1. The van der Waals surface area contributed by atoms with Crippen LogP contribution in [0.25, 0.3) is 10.8 Å². The van der Waals surface area contributed by atoms with E-state index in [1.807, 2.05) is 36.4 Å². The molecular formula is C24H25N3O4S. The second kappa shape index (κ2) is 9.10. The van der Waals surface area contributed by atoms with Crippen LogP contribution in [0.1, 0.15) is 35.7 Å². The first-order chi connectivity index (χ1) is 15.4. The number of amides is 1. The molecule has 1 fully saturated rings. The van der Waals surface area contributed by atoms with E-state index in [-0.39, 0.29) is 10.5 Å². The number of hydrogen-bond donors (Lipinski definition) is 1. The van der Waals surface area contributed by atoms with Crippen LogP contribution in [-0.2, 0) is 10.0 Å². The first kappa shape index (κ1) is 22.0. The van der Waals surface area contributed by atoms with Crippen molar-refractivity contribution < 1.29 is 17.9 Å². The number of ether oxygens (including phenoxy) is 1. The average molecular weight is 452 g/mol. The zero-order valence-corrected chi connectivity index (χ0v) is 18.9. The highest BCUT2D eigenvalue weighted by atomic mass is 32.2. The summed E-state index contributed by atoms with van der Waals surface area (Å²) in [6.45, 7) is 2.83. The Morgan fingerprint density at radius 2 is 1.69 bits per heavy atom. The quantitative estimate of drug-likeness (QED) is 0.456. The third-order valence-corrected chi connectivity index (χ3v) is 7.48. The van der Waals surface area contributed by atoms with Gasteiger partial charge >= 0.3 is 0 Å². The Bertz CT molecular complexity index is 1300. The molecule has 0 saturated carbocycles. The smallest absolute Gasteiger partial charge is 0.271 e. The van der Waals surface area contributed by atoms with Crippen molar-refractivity contribution in [2.45, 2.75) is 24.7 Å². The molecule has 0 radical (unpaired) electrons. The van der Waals surface area contributed by atoms with Gasteiger partial charge in [0.2, 0.25) is 10.0 Å². The number of carbonyl (C=O) groups is 1. The molecule has 0 atom stereocenters. The first-order valence-corrected chi connectivity index (χ1v) is 11.9. The predicted molar refractivity (Wildman–Crippen MR) is 125 cm³/mol. The van der Waals surface area contributed by atoms with Crippen molar-refractivity contribution in [3.8, 4) is 5.75 Å². The van der Waals surface area contributed by atoms with Gasteiger partial charge in [-0.25, -0.2) is 13.8 Å². The summed E-state index contributed by atoms with van der Waals surface area (Å²) in [7, 11) is -1.95. The minimum absolute atomic E-state index is 0.123. The van der Waals surface area contributed by atoms with Crippen molar-refractivity contribution in [2.75, 3.05) is 20.2 Å². The van der Waals surface area contributed by atoms with E-state index in [1.54, 1.807) is 26.2 Å². The topological polar surface area (TPSA) is 88.1 Å². The molecule has 8 heteroatoms. The van der Waals surface area contributed by atoms with E-state index in [4.69, 9.17) is 4.74 Å². The Kier molecular flexibility index (Phi) is 6.25. The minimum Gasteiger partial charge on any atom is -0.497 e. The third-order valence-electron chi connectivity index (χ3n) is 5.59. The van der Waals surface area contributed by atoms with Gasteiger partial charge in [0.1, 0.15) is 5.75 Å². The maximum atomic E-state index is 12.8. The number of rotatable bonds is 6. The van der Waals surface area contributed by atoms with Gasteiger partial charge in [-0.3, -0.25) is 4.79 Å². The van der Waals surface area contributed by atoms with Gasteiger partial charge in [-0.1, -0.05) is 24.3 Å². The number of hydrogen-bond acceptors (Lipinski definition) is 5. The average Bonchev–Trinajstić information content (AvgIpc) is 3.37. The van der Waals surface area contributed by atoms with Gasteiger partial charge < -0.3 is 4.74 Å². The van der Waals surface area contributed by atoms with E-state index in [2.05, 4.69) is 10.5 Å². The van der Waals surface area contributed by atoms with E-state index in [1.165, 1.54) is 16.4 Å². The molecule has 0 spiro atoms. The molecule has 4 rings (SSSR count). The second-order valence-corrected chi connectivity index (χ2v) is 9.64. The molecule has 1 saturated heterocycles. The lowest BCUT2D eigenvalue weighted by Gasteiger charge is -2.15. The SMILES string of the molecule is COc1ccc2cc(/C(C)=N/NC(=O)c3cccc(S(=O)(=O)N4CCCC4)c3)ccc2c1. The van der Waals surface area contributed by atoms with E-state index in [0.29, 0.717) is 18.8 Å². The summed E-state index contributed by atoms with van der Waals surface area (Å²) in [6.07, 6.45) is 1.71. The summed E-state index contributed by atoms with van der Waals surface area (Å²) in [5.41, 5.74) is 4.28. The highest BCUT2D eigenvalue weighted by Gasteiger charge is 2.27. The van der Waals surface area contributed by atoms with Crippen LogP contribution in [0.3, 0.4) is 0 Å². The number of nitrogens with zero attached hydrogens (tertiary/aromatic N) is 2. The Balaban J connectivity index is 1.51. The lowest BCUT2D eigenvalue weighted by molar-refractivity contribution is 0.0954. The van der Waals surface area contributed by atoms with Crippen molar-refractivity contribution in [3.63, 3.8) is 0 Å². The molecule has 0 bridgehead atoms. The monoisotopic (exact) mass is 451 g/mol. The van der Waals surface area contributed by atoms with Gasteiger partial charge in [0.05, 0.1) is 17.7 Å². The van der Waals surface area contributed by atoms with Gasteiger partial charge in [-0.15, -0.1) is 0 Å². The van der Waals surface area contributed by atoms with Crippen molar-refractivity contribution in [3.05, 3.63) is 71.8 Å². The molecule has 0 unspecified atom stereocenters. The van der Waals surface area contributed by atoms with Crippen LogP contribution in [-0.4, -0.2) is 44.5 Å². The Morgan fingerprint density at radius 3 is 2.44 bits per heavy atom. The van der Waals surface area contributed by atoms with Crippen LogP contribution in [0.15, 0.2) is 70.7 Å². The van der Waals surface area contributed by atoms with Crippen molar-refractivity contribution >= 4 is 32.4 Å². The maximum Gasteiger partial charge on any atom is 0.271 e. The molecule has 3 aromatic carbocycles. The standard InChI is InChI=1S/C24H25N3O4S/c1-17(18-8-9-20-15-22(31-2)11-10-19(20)14-18)25-26-24(28)21-6-5-7-23(16-21)32(29,30)27-12-3-4-13-27/h5-11,14-16H,3-4,12-13H2,1-2H3,(H,26,28)/b25-17+. The number of methoxy groups -OCH3 is 1. The minimum atomic E-state index is -3.59. The fourth-order valence-electron chi connectivity index (χ4n) is 3.71. The molecular weight excluding hydrogens is 426 g/mol. The molecule has 1 heterocycles. The van der Waals surface area contributed by atoms with E-state index in [0.717, 1.165) is 34.9 Å². The van der Waals surface area contributed by atoms with Gasteiger partial charge in [0.25, 0.3) is 5.91 Å². The summed E-state index contributed by atoms with van der Waals surface area (Å²) in [6, 6.07) is 17.8. The first-order valence-electron chi connectivity index (χ1n) is 10.4. The maximum absolute atomic E-state index is 12.8. The summed E-state index contributed by atoms with van der Waals surface area (Å²) in [4.78, 5) is 12.7. The number of carbonyl (C=O) groups excluding carboxylic acids is 1. The lowest BCUT2D eigenvalue weighted by atomic mass is 10.0. The third kappa shape index (κ3) is 4.51. The van der Waals surface area contributed by atoms with Gasteiger partial charge in [0, 0.05) is 18.7 Å². The molecule has 1 N–H and O–H groups in total. The van der Waals surface area contributed by atoms with Gasteiger partial charge in [0.15, 0.2) is 0 Å². The second-order valence-electron chi connectivity index (χ2n) is 7.71. The zero-order chi connectivity index (χ0) is 22.7. The van der Waals surface area contributed by atoms with E-state index >= 15 is 0 Å². The summed E-state index contributed by atoms with van der Waals surface area (Å²) in [5, 5.41) is 6.29. The highest BCUT2D eigenvalue weighted by Crippen LogP contribution is 2.23. The number of nitrogens with one attached hydrogen (secondary N) is 1. The van der Waals surface area contributed by atoms with E-state index < -0.39 is 15.9 Å². The number of fused-ring (bicyclic) bond motifs is 1. The van der Waals surface area contributed by atoms with Crippen LogP contribution < -0.4 is 10.2 Å². The zero-order valence-electron chi connectivity index (χ0n) is 18.0. The Hall–Kier alpha value is -3.23. The molecule has 0 aromatic heterocycles. The van der Waals surface area contributed by atoms with Crippen LogP contribution >= 0.6 is 0 Å². The number of benzene rings is 3. The summed E-state index contributed by atoms with van der Waals surface area (Å²) in [5.74, 6) is 0.324. The number of sulfonamides is 1. The van der Waals surface area contributed by atoms with Gasteiger partial charge in [-0.05, 0) is 72.5 Å². The van der Waals surface area contributed by atoms with Crippen molar-refractivity contribution in [1.29, 1.82) is 0 Å². The molecule has 3 aromatic rings. The van der Waals surface area contributed by atoms with Crippen LogP contribution in [0.4, 0.5) is 0 Å². The fourth-order valence-corrected chi connectivity index (χ4v) is 5.28. The highest BCUT2D eigenvalue weighted by molar-refractivity contribution is 7.89. The normalized spacial score (nSPS) is 15.1. The molecule has 1 amide bonds. The van der Waals surface area contributed by atoms with Crippen LogP contribution in [0.5, 0.6) is 5.75 Å². The molecule has 1 aliphatic heterocycles. The Labute approximate surface area is 187 Å². The molecule has 166 valence electrons. The Morgan fingerprint density at radius 1 is 0.969 bits per heavy atom. The largest absolute Gasteiger partial charge is 0.497 e. The lowest BCUT2D eigenvalue weighted by Crippen LogP contribution is -2.28. The molecule has 0 aliphatic carbocycles. The molecule has 1 aliphatic rings. The van der Waals surface area contributed by atoms with Crippen LogP contribution in [0.2, 0.25) is 0 Å².